The Balaban J connectivity index is 3.31. The van der Waals surface area contributed by atoms with Gasteiger partial charge in [-0.05, 0) is 32.0 Å². The minimum atomic E-state index is 0.752. The van der Waals surface area contributed by atoms with Crippen molar-refractivity contribution in [3.05, 3.63) is 17.2 Å². The zero-order valence-corrected chi connectivity index (χ0v) is 11.5. The molecule has 1 N–H and O–H groups in total. The van der Waals surface area contributed by atoms with Crippen molar-refractivity contribution in [1.82, 2.24) is 5.32 Å². The van der Waals surface area contributed by atoms with Gasteiger partial charge in [0.25, 0.3) is 0 Å². The third-order valence-electron chi connectivity index (χ3n) is 3.00. The maximum absolute atomic E-state index is 5.50. The number of anilines is 1. The number of ether oxygens (including phenoxy) is 2. The Labute approximate surface area is 104 Å². The number of hydrogen-bond acceptors (Lipinski definition) is 4. The van der Waals surface area contributed by atoms with Crippen molar-refractivity contribution in [1.29, 1.82) is 0 Å². The van der Waals surface area contributed by atoms with Gasteiger partial charge in [-0.2, -0.15) is 0 Å². The van der Waals surface area contributed by atoms with E-state index in [1.54, 1.807) is 14.2 Å². The molecule has 96 valence electrons. The van der Waals surface area contributed by atoms with E-state index in [2.05, 4.69) is 10.2 Å². The van der Waals surface area contributed by atoms with Gasteiger partial charge < -0.3 is 19.7 Å². The van der Waals surface area contributed by atoms with E-state index >= 15 is 0 Å². The van der Waals surface area contributed by atoms with E-state index in [4.69, 9.17) is 9.47 Å². The largest absolute Gasteiger partial charge is 0.496 e. The summed E-state index contributed by atoms with van der Waals surface area (Å²) in [6.45, 7) is 4.84. The molecule has 1 aromatic carbocycles. The smallest absolute Gasteiger partial charge is 0.145 e. The molecule has 17 heavy (non-hydrogen) atoms. The Kier molecular flexibility index (Phi) is 4.63. The molecule has 0 amide bonds. The van der Waals surface area contributed by atoms with Gasteiger partial charge >= 0.3 is 0 Å². The first-order valence-electron chi connectivity index (χ1n) is 5.64. The molecule has 0 radical (unpaired) electrons. The zero-order valence-electron chi connectivity index (χ0n) is 11.5. The van der Waals surface area contributed by atoms with Crippen molar-refractivity contribution in [2.75, 3.05) is 39.9 Å². The second kappa shape index (κ2) is 5.77. The predicted molar refractivity (Wildman–Crippen MR) is 71.3 cm³/mol. The van der Waals surface area contributed by atoms with E-state index in [-0.39, 0.29) is 0 Å². The van der Waals surface area contributed by atoms with Gasteiger partial charge in [0, 0.05) is 13.1 Å². The zero-order chi connectivity index (χ0) is 13.0. The van der Waals surface area contributed by atoms with E-state index in [1.165, 1.54) is 0 Å². The lowest BCUT2D eigenvalue weighted by atomic mass is 10.1. The lowest BCUT2D eigenvalue weighted by molar-refractivity contribution is 0.398. The first-order valence-corrected chi connectivity index (χ1v) is 5.64. The average Bonchev–Trinajstić information content (AvgIpc) is 2.32. The summed E-state index contributed by atoms with van der Waals surface area (Å²) in [4.78, 5) is 2.09. The van der Waals surface area contributed by atoms with Crippen molar-refractivity contribution < 1.29 is 9.47 Å². The van der Waals surface area contributed by atoms with E-state index < -0.39 is 0 Å². The highest BCUT2D eigenvalue weighted by Gasteiger charge is 2.16. The van der Waals surface area contributed by atoms with Crippen LogP contribution in [0, 0.1) is 13.8 Å². The van der Waals surface area contributed by atoms with Crippen molar-refractivity contribution in [2.24, 2.45) is 0 Å². The molecule has 0 saturated heterocycles. The van der Waals surface area contributed by atoms with Gasteiger partial charge in [-0.1, -0.05) is 0 Å². The Morgan fingerprint density at radius 1 is 1.18 bits per heavy atom. The molecule has 0 fully saturated rings. The molecule has 0 saturated carbocycles. The SMILES string of the molecule is CNCN(C)c1cc(OC)c(C)c(C)c1OC. The van der Waals surface area contributed by atoms with Gasteiger partial charge in [0.2, 0.25) is 0 Å². The quantitative estimate of drug-likeness (QED) is 0.795. The molecule has 4 nitrogen and oxygen atoms in total. The molecule has 0 bridgehead atoms. The van der Waals surface area contributed by atoms with Gasteiger partial charge in [0.15, 0.2) is 0 Å². The monoisotopic (exact) mass is 238 g/mol. The van der Waals surface area contributed by atoms with Crippen LogP contribution < -0.4 is 19.7 Å². The number of nitrogens with one attached hydrogen (secondary N) is 1. The number of hydrogen-bond donors (Lipinski definition) is 1. The molecule has 4 heteroatoms. The third-order valence-corrected chi connectivity index (χ3v) is 3.00. The second-order valence-electron chi connectivity index (χ2n) is 4.09. The van der Waals surface area contributed by atoms with E-state index in [0.717, 1.165) is 35.0 Å². The topological polar surface area (TPSA) is 33.7 Å². The van der Waals surface area contributed by atoms with Crippen molar-refractivity contribution in [3.8, 4) is 11.5 Å². The molecule has 0 spiro atoms. The fourth-order valence-electron chi connectivity index (χ4n) is 1.92. The summed E-state index contributed by atoms with van der Waals surface area (Å²) in [5, 5.41) is 3.12. The molecule has 0 aromatic heterocycles. The minimum absolute atomic E-state index is 0.752. The Hall–Kier alpha value is -1.42. The molecular weight excluding hydrogens is 216 g/mol. The lowest BCUT2D eigenvalue weighted by Crippen LogP contribution is -2.28. The summed E-state index contributed by atoms with van der Waals surface area (Å²) < 4.78 is 10.9. The maximum atomic E-state index is 5.50. The summed E-state index contributed by atoms with van der Waals surface area (Å²) in [5.74, 6) is 1.79. The van der Waals surface area contributed by atoms with Crippen LogP contribution in [-0.2, 0) is 0 Å². The average molecular weight is 238 g/mol. The highest BCUT2D eigenvalue weighted by molar-refractivity contribution is 5.67. The Morgan fingerprint density at radius 3 is 2.29 bits per heavy atom. The number of rotatable bonds is 5. The predicted octanol–water partition coefficient (Wildman–Crippen LogP) is 1.93. The molecule has 0 unspecified atom stereocenters. The van der Waals surface area contributed by atoms with Crippen LogP contribution in [0.3, 0.4) is 0 Å². The van der Waals surface area contributed by atoms with Crippen LogP contribution in [0.5, 0.6) is 11.5 Å². The molecule has 0 aliphatic heterocycles. The van der Waals surface area contributed by atoms with Crippen LogP contribution in [0.4, 0.5) is 5.69 Å². The normalized spacial score (nSPS) is 10.2. The van der Waals surface area contributed by atoms with Crippen molar-refractivity contribution in [3.63, 3.8) is 0 Å². The van der Waals surface area contributed by atoms with Crippen molar-refractivity contribution >= 4 is 5.69 Å². The van der Waals surface area contributed by atoms with Crippen LogP contribution in [0.25, 0.3) is 0 Å². The first-order chi connectivity index (χ1) is 8.06. The van der Waals surface area contributed by atoms with Crippen LogP contribution >= 0.6 is 0 Å². The second-order valence-corrected chi connectivity index (χ2v) is 4.09. The van der Waals surface area contributed by atoms with Crippen LogP contribution in [-0.4, -0.2) is 35.0 Å². The van der Waals surface area contributed by atoms with E-state index in [1.807, 2.05) is 34.0 Å². The Bertz CT molecular complexity index is 391. The fourth-order valence-corrected chi connectivity index (χ4v) is 1.92. The van der Waals surface area contributed by atoms with Gasteiger partial charge in [0.1, 0.15) is 11.5 Å². The van der Waals surface area contributed by atoms with Crippen LogP contribution in [0.1, 0.15) is 11.1 Å². The van der Waals surface area contributed by atoms with Crippen LogP contribution in [0.15, 0.2) is 6.07 Å². The summed E-state index contributed by atoms with van der Waals surface area (Å²) >= 11 is 0. The highest BCUT2D eigenvalue weighted by Crippen LogP contribution is 2.38. The summed E-state index contributed by atoms with van der Waals surface area (Å²) in [6.07, 6.45) is 0. The lowest BCUT2D eigenvalue weighted by Gasteiger charge is -2.24. The summed E-state index contributed by atoms with van der Waals surface area (Å²) in [7, 11) is 7.32. The van der Waals surface area contributed by atoms with Gasteiger partial charge in [-0.25, -0.2) is 0 Å². The Morgan fingerprint density at radius 2 is 1.82 bits per heavy atom. The minimum Gasteiger partial charge on any atom is -0.496 e. The molecule has 0 aliphatic carbocycles. The molecular formula is C13H22N2O2. The molecule has 0 atom stereocenters. The standard InChI is InChI=1S/C13H22N2O2/c1-9-10(2)13(17-6)11(7-12(9)16-5)15(4)8-14-3/h7,14H,8H2,1-6H3. The van der Waals surface area contributed by atoms with E-state index in [0.29, 0.717) is 0 Å². The highest BCUT2D eigenvalue weighted by atomic mass is 16.5. The first kappa shape index (κ1) is 13.6. The van der Waals surface area contributed by atoms with Gasteiger partial charge in [-0.3, -0.25) is 0 Å². The number of nitrogens with zero attached hydrogens (tertiary/aromatic N) is 1. The van der Waals surface area contributed by atoms with E-state index in [9.17, 15) is 0 Å². The molecule has 0 heterocycles. The number of methoxy groups -OCH3 is 2. The van der Waals surface area contributed by atoms with Gasteiger partial charge in [0.05, 0.1) is 26.6 Å². The maximum Gasteiger partial charge on any atom is 0.145 e. The molecule has 0 aliphatic rings. The van der Waals surface area contributed by atoms with Crippen molar-refractivity contribution in [2.45, 2.75) is 13.8 Å². The number of benzene rings is 1. The van der Waals surface area contributed by atoms with Crippen LogP contribution in [0.2, 0.25) is 0 Å². The van der Waals surface area contributed by atoms with Gasteiger partial charge in [-0.15, -0.1) is 0 Å². The summed E-state index contributed by atoms with van der Waals surface area (Å²) in [5.41, 5.74) is 3.26. The summed E-state index contributed by atoms with van der Waals surface area (Å²) in [6, 6.07) is 2.01. The fraction of sp³-hybridized carbons (Fsp3) is 0.538. The third kappa shape index (κ3) is 2.64. The molecule has 1 aromatic rings. The molecule has 1 rings (SSSR count).